The van der Waals surface area contributed by atoms with Crippen molar-refractivity contribution in [1.82, 2.24) is 19.7 Å². The highest BCUT2D eigenvalue weighted by Gasteiger charge is 2.28. The minimum Gasteiger partial charge on any atom is -0.467 e. The lowest BCUT2D eigenvalue weighted by Crippen LogP contribution is -2.26. The number of H-pyrrole nitrogens is 1. The van der Waals surface area contributed by atoms with Crippen molar-refractivity contribution in [2.75, 3.05) is 7.11 Å². The van der Waals surface area contributed by atoms with Gasteiger partial charge in [0, 0.05) is 18.0 Å². The summed E-state index contributed by atoms with van der Waals surface area (Å²) in [7, 11) is 1.37. The maximum Gasteiger partial charge on any atom is 0.329 e. The molecule has 0 radical (unpaired) electrons. The third-order valence-electron chi connectivity index (χ3n) is 2.98. The first-order valence-corrected chi connectivity index (χ1v) is 6.62. The maximum atomic E-state index is 12.0. The zero-order valence-corrected chi connectivity index (χ0v) is 12.3. The Morgan fingerprint density at radius 2 is 2.25 bits per heavy atom. The van der Waals surface area contributed by atoms with Crippen molar-refractivity contribution in [1.29, 1.82) is 0 Å². The van der Waals surface area contributed by atoms with Gasteiger partial charge in [0.25, 0.3) is 0 Å². The van der Waals surface area contributed by atoms with E-state index in [1.807, 2.05) is 19.9 Å². The molecule has 2 rings (SSSR count). The van der Waals surface area contributed by atoms with E-state index >= 15 is 0 Å². The van der Waals surface area contributed by atoms with E-state index in [2.05, 4.69) is 15.2 Å². The molecule has 0 aliphatic heterocycles. The first-order valence-electron chi connectivity index (χ1n) is 6.21. The molecule has 1 unspecified atom stereocenters. The topological polar surface area (TPSA) is 72.8 Å². The lowest BCUT2D eigenvalue weighted by Gasteiger charge is -2.21. The van der Waals surface area contributed by atoms with Crippen molar-refractivity contribution in [2.24, 2.45) is 5.92 Å². The molecule has 0 amide bonds. The van der Waals surface area contributed by atoms with Gasteiger partial charge in [-0.15, -0.1) is 0 Å². The van der Waals surface area contributed by atoms with E-state index in [1.165, 1.54) is 7.11 Å². The van der Waals surface area contributed by atoms with Gasteiger partial charge >= 0.3 is 5.97 Å². The first kappa shape index (κ1) is 14.4. The van der Waals surface area contributed by atoms with Crippen LogP contribution in [-0.2, 0) is 9.53 Å². The SMILES string of the molecule is COC(=O)C(C(C)C)n1c(-c2cccnc2)n[nH]c1=S. The van der Waals surface area contributed by atoms with E-state index < -0.39 is 6.04 Å². The number of hydrogen-bond donors (Lipinski definition) is 1. The molecular weight excluding hydrogens is 276 g/mol. The Bertz CT molecular complexity index is 648. The highest BCUT2D eigenvalue weighted by atomic mass is 32.1. The van der Waals surface area contributed by atoms with Crippen LogP contribution in [0.1, 0.15) is 19.9 Å². The minimum absolute atomic E-state index is 0.0159. The zero-order valence-electron chi connectivity index (χ0n) is 11.5. The second-order valence-electron chi connectivity index (χ2n) is 4.68. The van der Waals surface area contributed by atoms with Crippen LogP contribution < -0.4 is 0 Å². The first-order chi connectivity index (χ1) is 9.56. The lowest BCUT2D eigenvalue weighted by atomic mass is 10.0. The second kappa shape index (κ2) is 5.96. The third-order valence-corrected chi connectivity index (χ3v) is 3.26. The molecule has 2 aromatic rings. The lowest BCUT2D eigenvalue weighted by molar-refractivity contribution is -0.146. The Balaban J connectivity index is 2.59. The predicted molar refractivity (Wildman–Crippen MR) is 76.5 cm³/mol. The van der Waals surface area contributed by atoms with E-state index in [4.69, 9.17) is 17.0 Å². The van der Waals surface area contributed by atoms with Crippen LogP contribution in [0.3, 0.4) is 0 Å². The number of carbonyl (C=O) groups excluding carboxylic acids is 1. The van der Waals surface area contributed by atoms with Crippen molar-refractivity contribution in [2.45, 2.75) is 19.9 Å². The number of carbonyl (C=O) groups is 1. The van der Waals surface area contributed by atoms with Crippen LogP contribution in [0, 0.1) is 10.7 Å². The average Bonchev–Trinajstić information content (AvgIpc) is 2.81. The van der Waals surface area contributed by atoms with Gasteiger partial charge in [-0.3, -0.25) is 14.6 Å². The number of nitrogens with zero attached hydrogens (tertiary/aromatic N) is 3. The van der Waals surface area contributed by atoms with Crippen molar-refractivity contribution >= 4 is 18.2 Å². The minimum atomic E-state index is -0.526. The van der Waals surface area contributed by atoms with E-state index in [0.717, 1.165) is 5.56 Å². The highest BCUT2D eigenvalue weighted by Crippen LogP contribution is 2.26. The van der Waals surface area contributed by atoms with Crippen LogP contribution in [-0.4, -0.2) is 32.8 Å². The molecule has 2 aromatic heterocycles. The number of nitrogens with one attached hydrogen (secondary N) is 1. The van der Waals surface area contributed by atoms with Gasteiger partial charge in [0.2, 0.25) is 0 Å². The van der Waals surface area contributed by atoms with Crippen molar-refractivity contribution < 1.29 is 9.53 Å². The number of aromatic nitrogens is 4. The Hall–Kier alpha value is -2.02. The number of ether oxygens (including phenoxy) is 1. The fourth-order valence-corrected chi connectivity index (χ4v) is 2.30. The van der Waals surface area contributed by atoms with Crippen LogP contribution in [0.4, 0.5) is 0 Å². The summed E-state index contributed by atoms with van der Waals surface area (Å²) in [6.45, 7) is 3.87. The fourth-order valence-electron chi connectivity index (χ4n) is 2.06. The molecule has 6 nitrogen and oxygen atoms in total. The molecule has 20 heavy (non-hydrogen) atoms. The number of methoxy groups -OCH3 is 1. The number of rotatable bonds is 4. The van der Waals surface area contributed by atoms with Crippen LogP contribution in [0.2, 0.25) is 0 Å². The largest absolute Gasteiger partial charge is 0.467 e. The van der Waals surface area contributed by atoms with Crippen LogP contribution in [0.5, 0.6) is 0 Å². The standard InChI is InChI=1S/C13H16N4O2S/c1-8(2)10(12(18)19-3)17-11(15-16-13(17)20)9-5-4-6-14-7-9/h4-8,10H,1-3H3,(H,16,20). The average molecular weight is 292 g/mol. The molecule has 2 heterocycles. The summed E-state index contributed by atoms with van der Waals surface area (Å²) in [6, 6.07) is 3.14. The predicted octanol–water partition coefficient (Wildman–Crippen LogP) is 2.37. The number of aromatic amines is 1. The van der Waals surface area contributed by atoms with Gasteiger partial charge < -0.3 is 4.74 Å². The smallest absolute Gasteiger partial charge is 0.329 e. The molecule has 0 aliphatic rings. The molecule has 0 aromatic carbocycles. The summed E-state index contributed by atoms with van der Waals surface area (Å²) in [6.07, 6.45) is 3.35. The molecule has 0 saturated heterocycles. The zero-order chi connectivity index (χ0) is 14.7. The summed E-state index contributed by atoms with van der Waals surface area (Å²) in [4.78, 5) is 16.1. The number of esters is 1. The van der Waals surface area contributed by atoms with Gasteiger partial charge in [-0.2, -0.15) is 5.10 Å². The molecule has 0 fully saturated rings. The van der Waals surface area contributed by atoms with Crippen LogP contribution >= 0.6 is 12.2 Å². The van der Waals surface area contributed by atoms with E-state index in [1.54, 1.807) is 23.0 Å². The van der Waals surface area contributed by atoms with Crippen molar-refractivity contribution in [3.63, 3.8) is 0 Å². The summed E-state index contributed by atoms with van der Waals surface area (Å²) in [5.74, 6) is 0.247. The summed E-state index contributed by atoms with van der Waals surface area (Å²) >= 11 is 5.25. The van der Waals surface area contributed by atoms with E-state index in [9.17, 15) is 4.79 Å². The fraction of sp³-hybridized carbons (Fsp3) is 0.385. The normalized spacial score (nSPS) is 12.4. The quantitative estimate of drug-likeness (QED) is 0.692. The molecule has 1 N–H and O–H groups in total. The molecule has 106 valence electrons. The molecular formula is C13H16N4O2S. The van der Waals surface area contributed by atoms with E-state index in [-0.39, 0.29) is 11.9 Å². The highest BCUT2D eigenvalue weighted by molar-refractivity contribution is 7.71. The van der Waals surface area contributed by atoms with Gasteiger partial charge in [-0.25, -0.2) is 4.79 Å². The molecule has 0 aliphatic carbocycles. The van der Waals surface area contributed by atoms with Gasteiger partial charge in [0.05, 0.1) is 7.11 Å². The molecule has 0 saturated carbocycles. The Morgan fingerprint density at radius 3 is 2.80 bits per heavy atom. The van der Waals surface area contributed by atoms with Gasteiger partial charge in [-0.05, 0) is 30.3 Å². The Kier molecular flexibility index (Phi) is 4.29. The summed E-state index contributed by atoms with van der Waals surface area (Å²) < 4.78 is 6.95. The third kappa shape index (κ3) is 2.62. The molecule has 7 heteroatoms. The van der Waals surface area contributed by atoms with Gasteiger partial charge in [-0.1, -0.05) is 13.8 Å². The number of hydrogen-bond acceptors (Lipinski definition) is 5. The van der Waals surface area contributed by atoms with Crippen molar-refractivity contribution in [3.05, 3.63) is 29.3 Å². The monoisotopic (exact) mass is 292 g/mol. The second-order valence-corrected chi connectivity index (χ2v) is 5.06. The van der Waals surface area contributed by atoms with E-state index in [0.29, 0.717) is 10.6 Å². The maximum absolute atomic E-state index is 12.0. The summed E-state index contributed by atoms with van der Waals surface area (Å²) in [5, 5.41) is 6.93. The van der Waals surface area contributed by atoms with Crippen molar-refractivity contribution in [3.8, 4) is 11.4 Å². The van der Waals surface area contributed by atoms with Gasteiger partial charge in [0.15, 0.2) is 10.6 Å². The summed E-state index contributed by atoms with van der Waals surface area (Å²) in [5.41, 5.74) is 0.786. The van der Waals surface area contributed by atoms with Crippen LogP contribution in [0.15, 0.2) is 24.5 Å². The molecule has 1 atom stereocenters. The molecule has 0 spiro atoms. The Labute approximate surface area is 121 Å². The van der Waals surface area contributed by atoms with Crippen LogP contribution in [0.25, 0.3) is 11.4 Å². The number of pyridine rings is 1. The molecule has 0 bridgehead atoms. The van der Waals surface area contributed by atoms with Gasteiger partial charge in [0.1, 0.15) is 6.04 Å². The Morgan fingerprint density at radius 1 is 1.50 bits per heavy atom.